The number of carbonyl (C=O) groups is 1. The molecule has 3 aromatic rings. The number of aromatic nitrogens is 2. The molecule has 0 N–H and O–H groups in total. The molecule has 1 amide bonds. The predicted octanol–water partition coefficient (Wildman–Crippen LogP) is 3.73. The number of rotatable bonds is 6. The van der Waals surface area contributed by atoms with Crippen molar-refractivity contribution in [1.29, 1.82) is 0 Å². The zero-order chi connectivity index (χ0) is 24.6. The zero-order valence-electron chi connectivity index (χ0n) is 20.4. The van der Waals surface area contributed by atoms with E-state index in [0.717, 1.165) is 43.6 Å². The van der Waals surface area contributed by atoms with Gasteiger partial charge in [-0.25, -0.2) is 8.42 Å². The molecule has 0 bridgehead atoms. The monoisotopic (exact) mass is 492 g/mol. The fraction of sp³-hybridized carbons (Fsp3) is 0.407. The summed E-state index contributed by atoms with van der Waals surface area (Å²) in [4.78, 5) is 15.2. The van der Waals surface area contributed by atoms with Crippen LogP contribution in [0.3, 0.4) is 0 Å². The molecule has 0 radical (unpaired) electrons. The molecule has 0 aliphatic carbocycles. The third-order valence-corrected chi connectivity index (χ3v) is 9.39. The Morgan fingerprint density at radius 2 is 1.66 bits per heavy atom. The first-order chi connectivity index (χ1) is 16.8. The summed E-state index contributed by atoms with van der Waals surface area (Å²) in [7, 11) is -3.77. The Morgan fingerprint density at radius 3 is 2.40 bits per heavy atom. The largest absolute Gasteiger partial charge is 0.341 e. The van der Waals surface area contributed by atoms with Gasteiger partial charge in [-0.3, -0.25) is 13.8 Å². The number of carbonyl (C=O) groups excluding carboxylic acids is 1. The summed E-state index contributed by atoms with van der Waals surface area (Å²) in [5, 5.41) is 4.47. The molecule has 8 heteroatoms. The van der Waals surface area contributed by atoms with E-state index >= 15 is 0 Å². The van der Waals surface area contributed by atoms with Gasteiger partial charge in [-0.05, 0) is 62.6 Å². The third kappa shape index (κ3) is 4.59. The van der Waals surface area contributed by atoms with Crippen LogP contribution >= 0.6 is 0 Å². The molecule has 1 fully saturated rings. The molecular weight excluding hydrogens is 460 g/mol. The fourth-order valence-electron chi connectivity index (χ4n) is 5.44. The summed E-state index contributed by atoms with van der Waals surface area (Å²) in [5.74, 6) is 0.569. The van der Waals surface area contributed by atoms with Crippen LogP contribution in [0.1, 0.15) is 35.4 Å². The van der Waals surface area contributed by atoms with Gasteiger partial charge in [0.2, 0.25) is 5.91 Å². The highest BCUT2D eigenvalue weighted by molar-refractivity contribution is 7.93. The number of hydrogen-bond donors (Lipinski definition) is 0. The van der Waals surface area contributed by atoms with Crippen LogP contribution in [0.2, 0.25) is 0 Å². The molecule has 2 aromatic carbocycles. The predicted molar refractivity (Wildman–Crippen MR) is 136 cm³/mol. The average molecular weight is 493 g/mol. The first-order valence-electron chi connectivity index (χ1n) is 12.3. The molecule has 0 unspecified atom stereocenters. The minimum Gasteiger partial charge on any atom is -0.341 e. The molecule has 1 aromatic heterocycles. The molecule has 1 saturated heterocycles. The van der Waals surface area contributed by atoms with E-state index in [1.165, 1.54) is 9.87 Å². The SMILES string of the molecule is Cc1nn(CC(=O)N2CCC(Cc3ccccc3)CC2)c(C)c1S(=O)(=O)N1CCc2ccccc21. The second kappa shape index (κ2) is 9.49. The number of sulfonamides is 1. The van der Waals surface area contributed by atoms with Gasteiger partial charge >= 0.3 is 0 Å². The van der Waals surface area contributed by atoms with E-state index in [4.69, 9.17) is 0 Å². The van der Waals surface area contributed by atoms with Gasteiger partial charge in [0.25, 0.3) is 10.0 Å². The maximum Gasteiger partial charge on any atom is 0.268 e. The van der Waals surface area contributed by atoms with Crippen molar-refractivity contribution in [2.75, 3.05) is 23.9 Å². The van der Waals surface area contributed by atoms with Crippen molar-refractivity contribution in [2.45, 2.75) is 51.0 Å². The minimum atomic E-state index is -3.77. The Hall–Kier alpha value is -3.13. The molecule has 0 spiro atoms. The van der Waals surface area contributed by atoms with Crippen molar-refractivity contribution in [3.8, 4) is 0 Å². The molecule has 5 rings (SSSR count). The average Bonchev–Trinajstić information content (AvgIpc) is 3.41. The van der Waals surface area contributed by atoms with Crippen LogP contribution in [0.4, 0.5) is 5.69 Å². The number of nitrogens with zero attached hydrogens (tertiary/aromatic N) is 4. The lowest BCUT2D eigenvalue weighted by Gasteiger charge is -2.32. The summed E-state index contributed by atoms with van der Waals surface area (Å²) in [6.45, 7) is 5.38. The molecule has 0 atom stereocenters. The van der Waals surface area contributed by atoms with Crippen molar-refractivity contribution in [3.05, 3.63) is 77.1 Å². The van der Waals surface area contributed by atoms with Crippen molar-refractivity contribution >= 4 is 21.6 Å². The first kappa shape index (κ1) is 23.6. The highest BCUT2D eigenvalue weighted by Crippen LogP contribution is 2.34. The van der Waals surface area contributed by atoms with E-state index in [9.17, 15) is 13.2 Å². The molecule has 35 heavy (non-hydrogen) atoms. The maximum absolute atomic E-state index is 13.6. The third-order valence-electron chi connectivity index (χ3n) is 7.33. The number of aryl methyl sites for hydroxylation is 1. The second-order valence-electron chi connectivity index (χ2n) is 9.63. The standard InChI is InChI=1S/C27H32N4O3S/c1-20-27(35(33,34)31-17-14-24-10-6-7-11-25(24)31)21(2)30(28-20)19-26(32)29-15-12-23(13-16-29)18-22-8-4-3-5-9-22/h3-11,23H,12-19H2,1-2H3. The Kier molecular flexibility index (Phi) is 6.40. The Morgan fingerprint density at radius 1 is 0.971 bits per heavy atom. The van der Waals surface area contributed by atoms with Gasteiger partial charge in [-0.2, -0.15) is 5.10 Å². The highest BCUT2D eigenvalue weighted by atomic mass is 32.2. The van der Waals surface area contributed by atoms with Gasteiger partial charge in [0.05, 0.1) is 17.1 Å². The number of amides is 1. The van der Waals surface area contributed by atoms with E-state index in [-0.39, 0.29) is 17.3 Å². The number of para-hydroxylation sites is 1. The van der Waals surface area contributed by atoms with Crippen LogP contribution in [0, 0.1) is 19.8 Å². The van der Waals surface area contributed by atoms with Crippen LogP contribution in [0.5, 0.6) is 0 Å². The normalized spacial score (nSPS) is 16.5. The molecule has 3 heterocycles. The van der Waals surface area contributed by atoms with E-state index in [1.807, 2.05) is 35.2 Å². The Labute approximate surface area is 207 Å². The number of piperidine rings is 1. The number of hydrogen-bond acceptors (Lipinski definition) is 4. The molecular formula is C27H32N4O3S. The summed E-state index contributed by atoms with van der Waals surface area (Å²) in [5.41, 5.74) is 4.05. The second-order valence-corrected chi connectivity index (χ2v) is 11.4. The van der Waals surface area contributed by atoms with Crippen LogP contribution in [-0.4, -0.2) is 48.6 Å². The summed E-state index contributed by atoms with van der Waals surface area (Å²) in [6.07, 6.45) is 3.69. The Bertz CT molecular complexity index is 1330. The molecule has 2 aliphatic rings. The van der Waals surface area contributed by atoms with Crippen molar-refractivity contribution in [3.63, 3.8) is 0 Å². The zero-order valence-corrected chi connectivity index (χ0v) is 21.2. The molecule has 2 aliphatic heterocycles. The topological polar surface area (TPSA) is 75.5 Å². The number of fused-ring (bicyclic) bond motifs is 1. The fourth-order valence-corrected chi connectivity index (χ4v) is 7.32. The van der Waals surface area contributed by atoms with E-state index < -0.39 is 10.0 Å². The van der Waals surface area contributed by atoms with Gasteiger partial charge in [-0.1, -0.05) is 48.5 Å². The van der Waals surface area contributed by atoms with Crippen molar-refractivity contribution in [2.24, 2.45) is 5.92 Å². The van der Waals surface area contributed by atoms with Crippen molar-refractivity contribution in [1.82, 2.24) is 14.7 Å². The van der Waals surface area contributed by atoms with Gasteiger partial charge in [-0.15, -0.1) is 0 Å². The minimum absolute atomic E-state index is 0.00997. The van der Waals surface area contributed by atoms with Gasteiger partial charge in [0.1, 0.15) is 11.4 Å². The lowest BCUT2D eigenvalue weighted by molar-refractivity contribution is -0.133. The van der Waals surface area contributed by atoms with Crippen LogP contribution < -0.4 is 4.31 Å². The van der Waals surface area contributed by atoms with Crippen LogP contribution in [-0.2, 0) is 34.2 Å². The lowest BCUT2D eigenvalue weighted by Crippen LogP contribution is -2.40. The van der Waals surface area contributed by atoms with Gasteiger partial charge in [0.15, 0.2) is 0 Å². The number of likely N-dealkylation sites (tertiary alicyclic amines) is 1. The number of benzene rings is 2. The van der Waals surface area contributed by atoms with E-state index in [2.05, 4.69) is 29.4 Å². The molecule has 7 nitrogen and oxygen atoms in total. The van der Waals surface area contributed by atoms with Crippen molar-refractivity contribution < 1.29 is 13.2 Å². The van der Waals surface area contributed by atoms with E-state index in [1.54, 1.807) is 18.5 Å². The summed E-state index contributed by atoms with van der Waals surface area (Å²) < 4.78 is 30.2. The molecule has 184 valence electrons. The van der Waals surface area contributed by atoms with Gasteiger partial charge < -0.3 is 4.90 Å². The summed E-state index contributed by atoms with van der Waals surface area (Å²) >= 11 is 0. The smallest absolute Gasteiger partial charge is 0.268 e. The van der Waals surface area contributed by atoms with E-state index in [0.29, 0.717) is 30.3 Å². The lowest BCUT2D eigenvalue weighted by atomic mass is 9.90. The van der Waals surface area contributed by atoms with Crippen LogP contribution in [0.15, 0.2) is 59.5 Å². The first-order valence-corrected chi connectivity index (χ1v) is 13.7. The summed E-state index contributed by atoms with van der Waals surface area (Å²) in [6, 6.07) is 18.1. The Balaban J connectivity index is 1.26. The molecule has 0 saturated carbocycles. The van der Waals surface area contributed by atoms with Crippen LogP contribution in [0.25, 0.3) is 0 Å². The maximum atomic E-state index is 13.6. The highest BCUT2D eigenvalue weighted by Gasteiger charge is 2.35. The number of anilines is 1. The van der Waals surface area contributed by atoms with Gasteiger partial charge in [0, 0.05) is 19.6 Å². The quantitative estimate of drug-likeness (QED) is 0.526.